The van der Waals surface area contributed by atoms with Gasteiger partial charge in [-0.2, -0.15) is 0 Å². The Bertz CT molecular complexity index is 789. The van der Waals surface area contributed by atoms with Crippen LogP contribution < -0.4 is 0 Å². The first kappa shape index (κ1) is 14.2. The average Bonchev–Trinajstić information content (AvgIpc) is 2.53. The molecule has 1 heterocycles. The Labute approximate surface area is 133 Å². The molecular weight excluding hydrogens is 294 g/mol. The predicted molar refractivity (Wildman–Crippen MR) is 82.6 cm³/mol. The van der Waals surface area contributed by atoms with Crippen molar-refractivity contribution < 1.29 is 19.1 Å². The molecule has 0 N–H and O–H groups in total. The number of carbonyl (C=O) groups excluding carboxylic acids is 2. The van der Waals surface area contributed by atoms with Gasteiger partial charge in [0.15, 0.2) is 0 Å². The molecule has 0 spiro atoms. The maximum Gasteiger partial charge on any atom is 0.312 e. The van der Waals surface area contributed by atoms with E-state index in [1.54, 1.807) is 12.4 Å². The number of esters is 2. The fraction of sp³-hybridized carbons (Fsp3) is 0.389. The molecule has 0 saturated heterocycles. The van der Waals surface area contributed by atoms with Crippen LogP contribution in [-0.2, 0) is 19.1 Å². The molecule has 0 aliphatic heterocycles. The van der Waals surface area contributed by atoms with Gasteiger partial charge in [0.25, 0.3) is 0 Å². The summed E-state index contributed by atoms with van der Waals surface area (Å²) in [7, 11) is 2.80. The van der Waals surface area contributed by atoms with Crippen molar-refractivity contribution in [3.8, 4) is 0 Å². The lowest BCUT2D eigenvalue weighted by Gasteiger charge is -2.72. The lowest BCUT2D eigenvalue weighted by atomic mass is 9.27. The van der Waals surface area contributed by atoms with Gasteiger partial charge in [0, 0.05) is 23.7 Å². The number of pyridine rings is 1. The summed E-state index contributed by atoms with van der Waals surface area (Å²) in [6, 6.07) is 7.83. The number of hydrogen-bond acceptors (Lipinski definition) is 5. The number of hydrogen-bond donors (Lipinski definition) is 0. The Kier molecular flexibility index (Phi) is 2.80. The summed E-state index contributed by atoms with van der Waals surface area (Å²) in [5, 5.41) is 2.02. The number of carbonyl (C=O) groups is 2. The van der Waals surface area contributed by atoms with Crippen LogP contribution in [0.2, 0.25) is 0 Å². The van der Waals surface area contributed by atoms with Gasteiger partial charge in [0.2, 0.25) is 0 Å². The SMILES string of the molecule is COC(=O)C12CC(C(=O)OC)(C1)C2c1cccc2cnccc12. The lowest BCUT2D eigenvalue weighted by molar-refractivity contribution is -0.249. The van der Waals surface area contributed by atoms with Crippen LogP contribution in [0.3, 0.4) is 0 Å². The number of fused-ring (bicyclic) bond motifs is 1. The quantitative estimate of drug-likeness (QED) is 0.815. The summed E-state index contributed by atoms with van der Waals surface area (Å²) in [5.74, 6) is -0.667. The van der Waals surface area contributed by atoms with Gasteiger partial charge in [-0.05, 0) is 29.9 Å². The Morgan fingerprint density at radius 3 is 2.35 bits per heavy atom. The Balaban J connectivity index is 1.87. The smallest absolute Gasteiger partial charge is 0.312 e. The average molecular weight is 311 g/mol. The predicted octanol–water partition coefficient (Wildman–Crippen LogP) is 2.44. The molecule has 118 valence electrons. The highest BCUT2D eigenvalue weighted by Gasteiger charge is 2.83. The summed E-state index contributed by atoms with van der Waals surface area (Å²) < 4.78 is 10.0. The van der Waals surface area contributed by atoms with E-state index in [1.807, 2.05) is 24.3 Å². The van der Waals surface area contributed by atoms with Crippen LogP contribution in [0.1, 0.15) is 24.3 Å². The van der Waals surface area contributed by atoms with E-state index in [1.165, 1.54) is 14.2 Å². The van der Waals surface area contributed by atoms with Crippen LogP contribution >= 0.6 is 0 Å². The minimum atomic E-state index is -0.597. The number of rotatable bonds is 3. The highest BCUT2D eigenvalue weighted by molar-refractivity contribution is 5.97. The normalized spacial score (nSPS) is 31.0. The molecule has 3 aliphatic carbocycles. The molecular formula is C18H17NO4. The summed E-state index contributed by atoms with van der Waals surface area (Å²) in [6.07, 6.45) is 4.53. The van der Waals surface area contributed by atoms with Crippen molar-refractivity contribution in [2.24, 2.45) is 10.8 Å². The minimum absolute atomic E-state index is 0.194. The zero-order chi connectivity index (χ0) is 16.2. The summed E-state index contributed by atoms with van der Waals surface area (Å²) in [4.78, 5) is 28.8. The van der Waals surface area contributed by atoms with Crippen molar-refractivity contribution in [2.75, 3.05) is 14.2 Å². The third-order valence-electron chi connectivity index (χ3n) is 5.58. The van der Waals surface area contributed by atoms with E-state index in [0.717, 1.165) is 16.3 Å². The summed E-state index contributed by atoms with van der Waals surface area (Å²) >= 11 is 0. The zero-order valence-corrected chi connectivity index (χ0v) is 13.0. The van der Waals surface area contributed by atoms with Crippen LogP contribution in [0.4, 0.5) is 0 Å². The van der Waals surface area contributed by atoms with Crippen molar-refractivity contribution in [3.63, 3.8) is 0 Å². The second-order valence-electron chi connectivity index (χ2n) is 6.53. The molecule has 0 radical (unpaired) electrons. The van der Waals surface area contributed by atoms with Crippen LogP contribution in [0, 0.1) is 10.8 Å². The number of benzene rings is 1. The molecule has 3 aliphatic rings. The maximum atomic E-state index is 12.3. The minimum Gasteiger partial charge on any atom is -0.469 e. The first-order chi connectivity index (χ1) is 11.1. The van der Waals surface area contributed by atoms with E-state index in [-0.39, 0.29) is 17.9 Å². The van der Waals surface area contributed by atoms with E-state index in [4.69, 9.17) is 9.47 Å². The first-order valence-corrected chi connectivity index (χ1v) is 7.58. The first-order valence-electron chi connectivity index (χ1n) is 7.58. The van der Waals surface area contributed by atoms with Crippen LogP contribution in [0.5, 0.6) is 0 Å². The molecule has 5 heteroatoms. The van der Waals surface area contributed by atoms with Crippen LogP contribution in [0.25, 0.3) is 10.8 Å². The summed E-state index contributed by atoms with van der Waals surface area (Å²) in [6.45, 7) is 0. The second kappa shape index (κ2) is 4.54. The van der Waals surface area contributed by atoms with Crippen molar-refractivity contribution >= 4 is 22.7 Å². The zero-order valence-electron chi connectivity index (χ0n) is 13.0. The standard InChI is InChI=1S/C18H17NO4/c1-22-15(20)17-9-18(10-17,16(21)23-2)14(17)13-5-3-4-11-8-19-7-6-12(11)13/h3-8,14H,9-10H2,1-2H3. The molecule has 3 fully saturated rings. The van der Waals surface area contributed by atoms with E-state index < -0.39 is 10.8 Å². The van der Waals surface area contributed by atoms with E-state index >= 15 is 0 Å². The summed E-state index contributed by atoms with van der Waals surface area (Å²) in [5.41, 5.74) is -0.195. The Hall–Kier alpha value is -2.43. The van der Waals surface area contributed by atoms with Gasteiger partial charge in [-0.3, -0.25) is 14.6 Å². The molecule has 1 aromatic carbocycles. The van der Waals surface area contributed by atoms with Gasteiger partial charge in [-0.1, -0.05) is 18.2 Å². The molecule has 2 aromatic rings. The van der Waals surface area contributed by atoms with E-state index in [2.05, 4.69) is 4.98 Å². The highest BCUT2D eigenvalue weighted by Crippen LogP contribution is 2.82. The molecule has 5 rings (SSSR count). The van der Waals surface area contributed by atoms with E-state index in [9.17, 15) is 9.59 Å². The molecule has 3 saturated carbocycles. The molecule has 23 heavy (non-hydrogen) atoms. The van der Waals surface area contributed by atoms with Crippen molar-refractivity contribution in [1.29, 1.82) is 0 Å². The molecule has 1 aromatic heterocycles. The number of nitrogens with zero attached hydrogens (tertiary/aromatic N) is 1. The van der Waals surface area contributed by atoms with Crippen molar-refractivity contribution in [3.05, 3.63) is 42.2 Å². The van der Waals surface area contributed by atoms with Crippen molar-refractivity contribution in [1.82, 2.24) is 4.98 Å². The Morgan fingerprint density at radius 1 is 1.09 bits per heavy atom. The third-order valence-corrected chi connectivity index (χ3v) is 5.58. The maximum absolute atomic E-state index is 12.3. The Morgan fingerprint density at radius 2 is 1.74 bits per heavy atom. The molecule has 0 amide bonds. The van der Waals surface area contributed by atoms with Gasteiger partial charge in [0.1, 0.15) is 0 Å². The topological polar surface area (TPSA) is 65.5 Å². The molecule has 0 atom stereocenters. The van der Waals surface area contributed by atoms with Crippen LogP contribution in [-0.4, -0.2) is 31.1 Å². The number of methoxy groups -OCH3 is 2. The van der Waals surface area contributed by atoms with Crippen molar-refractivity contribution in [2.45, 2.75) is 18.8 Å². The van der Waals surface area contributed by atoms with Gasteiger partial charge in [-0.25, -0.2) is 0 Å². The largest absolute Gasteiger partial charge is 0.469 e. The second-order valence-corrected chi connectivity index (χ2v) is 6.53. The van der Waals surface area contributed by atoms with Crippen LogP contribution in [0.15, 0.2) is 36.7 Å². The fourth-order valence-corrected chi connectivity index (χ4v) is 4.67. The molecule has 0 unspecified atom stereocenters. The fourth-order valence-electron chi connectivity index (χ4n) is 4.67. The van der Waals surface area contributed by atoms with Gasteiger partial charge in [-0.15, -0.1) is 0 Å². The van der Waals surface area contributed by atoms with Gasteiger partial charge >= 0.3 is 11.9 Å². The number of ether oxygens (including phenoxy) is 2. The third kappa shape index (κ3) is 1.54. The monoisotopic (exact) mass is 311 g/mol. The molecule has 2 bridgehead atoms. The highest BCUT2D eigenvalue weighted by atomic mass is 16.5. The number of aromatic nitrogens is 1. The van der Waals surface area contributed by atoms with Gasteiger partial charge in [0.05, 0.1) is 25.0 Å². The molecule has 5 nitrogen and oxygen atoms in total. The van der Waals surface area contributed by atoms with E-state index in [0.29, 0.717) is 12.8 Å². The lowest BCUT2D eigenvalue weighted by Crippen LogP contribution is -2.74. The van der Waals surface area contributed by atoms with Gasteiger partial charge < -0.3 is 9.47 Å².